The monoisotopic (exact) mass is 161 g/mol. The molecule has 2 aromatic rings. The van der Waals surface area contributed by atoms with E-state index in [9.17, 15) is 0 Å². The molecule has 0 aliphatic heterocycles. The minimum Gasteiger partial charge on any atom is -0.397 e. The van der Waals surface area contributed by atoms with Crippen molar-refractivity contribution in [2.45, 2.75) is 13.8 Å². The van der Waals surface area contributed by atoms with Crippen LogP contribution in [-0.4, -0.2) is 9.97 Å². The molecule has 0 amide bonds. The molecule has 2 aromatic heterocycles. The SMILES string of the molecule is Cc1cc2c(N)c[nH]c2c(C)n1. The molecular weight excluding hydrogens is 150 g/mol. The number of nitrogen functional groups attached to an aromatic ring is 1. The van der Waals surface area contributed by atoms with Crippen molar-refractivity contribution in [2.75, 3.05) is 5.73 Å². The maximum atomic E-state index is 5.75. The molecule has 12 heavy (non-hydrogen) atoms. The van der Waals surface area contributed by atoms with Crippen LogP contribution in [0.3, 0.4) is 0 Å². The summed E-state index contributed by atoms with van der Waals surface area (Å²) in [4.78, 5) is 7.42. The third kappa shape index (κ3) is 0.863. The quantitative estimate of drug-likeness (QED) is 0.618. The van der Waals surface area contributed by atoms with Gasteiger partial charge in [-0.25, -0.2) is 0 Å². The number of hydrogen-bond donors (Lipinski definition) is 2. The number of nitrogens with two attached hydrogens (primary N) is 1. The van der Waals surface area contributed by atoms with Crippen molar-refractivity contribution < 1.29 is 0 Å². The van der Waals surface area contributed by atoms with Gasteiger partial charge in [-0.05, 0) is 19.9 Å². The molecule has 2 rings (SSSR count). The molecule has 0 aliphatic carbocycles. The predicted octanol–water partition coefficient (Wildman–Crippen LogP) is 1.76. The van der Waals surface area contributed by atoms with Gasteiger partial charge in [0.1, 0.15) is 0 Å². The molecule has 0 radical (unpaired) electrons. The van der Waals surface area contributed by atoms with Crippen molar-refractivity contribution in [1.29, 1.82) is 0 Å². The van der Waals surface area contributed by atoms with Gasteiger partial charge in [0.15, 0.2) is 0 Å². The van der Waals surface area contributed by atoms with Gasteiger partial charge in [0.2, 0.25) is 0 Å². The number of nitrogens with one attached hydrogen (secondary N) is 1. The normalized spacial score (nSPS) is 10.8. The highest BCUT2D eigenvalue weighted by molar-refractivity contribution is 5.92. The van der Waals surface area contributed by atoms with Gasteiger partial charge in [-0.15, -0.1) is 0 Å². The average Bonchev–Trinajstić information content (AvgIpc) is 2.33. The van der Waals surface area contributed by atoms with Crippen LogP contribution in [0.15, 0.2) is 12.3 Å². The first-order chi connectivity index (χ1) is 5.68. The van der Waals surface area contributed by atoms with E-state index in [0.29, 0.717) is 0 Å². The largest absolute Gasteiger partial charge is 0.397 e. The van der Waals surface area contributed by atoms with Gasteiger partial charge in [-0.3, -0.25) is 4.98 Å². The van der Waals surface area contributed by atoms with Gasteiger partial charge in [-0.2, -0.15) is 0 Å². The summed E-state index contributed by atoms with van der Waals surface area (Å²) >= 11 is 0. The molecule has 0 saturated heterocycles. The fourth-order valence-corrected chi connectivity index (χ4v) is 1.47. The van der Waals surface area contributed by atoms with Crippen LogP contribution in [-0.2, 0) is 0 Å². The Hall–Kier alpha value is -1.51. The van der Waals surface area contributed by atoms with Crippen LogP contribution >= 0.6 is 0 Å². The second kappa shape index (κ2) is 2.24. The zero-order valence-electron chi connectivity index (χ0n) is 7.18. The van der Waals surface area contributed by atoms with Crippen molar-refractivity contribution in [1.82, 2.24) is 9.97 Å². The molecule has 3 N–H and O–H groups in total. The summed E-state index contributed by atoms with van der Waals surface area (Å²) in [5.74, 6) is 0. The Bertz CT molecular complexity index is 429. The highest BCUT2D eigenvalue weighted by Gasteiger charge is 2.03. The highest BCUT2D eigenvalue weighted by atomic mass is 14.8. The average molecular weight is 161 g/mol. The molecule has 0 fully saturated rings. The summed E-state index contributed by atoms with van der Waals surface area (Å²) in [5.41, 5.74) is 9.59. The van der Waals surface area contributed by atoms with E-state index >= 15 is 0 Å². The summed E-state index contributed by atoms with van der Waals surface area (Å²) in [5, 5.41) is 1.07. The van der Waals surface area contributed by atoms with Gasteiger partial charge < -0.3 is 10.7 Å². The van der Waals surface area contributed by atoms with E-state index in [1.54, 1.807) is 6.20 Å². The molecule has 0 aliphatic rings. The lowest BCUT2D eigenvalue weighted by molar-refractivity contribution is 1.14. The molecule has 0 atom stereocenters. The Morgan fingerprint density at radius 1 is 1.42 bits per heavy atom. The third-order valence-corrected chi connectivity index (χ3v) is 2.01. The number of aromatic nitrogens is 2. The Balaban J connectivity index is 2.92. The van der Waals surface area contributed by atoms with Crippen LogP contribution < -0.4 is 5.73 Å². The second-order valence-corrected chi connectivity index (χ2v) is 3.02. The molecule has 3 nitrogen and oxygen atoms in total. The van der Waals surface area contributed by atoms with Crippen molar-refractivity contribution in [2.24, 2.45) is 0 Å². The third-order valence-electron chi connectivity index (χ3n) is 2.01. The summed E-state index contributed by atoms with van der Waals surface area (Å²) in [7, 11) is 0. The minimum atomic E-state index is 0.790. The lowest BCUT2D eigenvalue weighted by Crippen LogP contribution is -1.88. The number of aromatic amines is 1. The van der Waals surface area contributed by atoms with Crippen molar-refractivity contribution in [3.63, 3.8) is 0 Å². The van der Waals surface area contributed by atoms with Crippen molar-refractivity contribution in [3.8, 4) is 0 Å². The first-order valence-electron chi connectivity index (χ1n) is 3.89. The molecule has 3 heteroatoms. The number of nitrogens with zero attached hydrogens (tertiary/aromatic N) is 1. The van der Waals surface area contributed by atoms with Gasteiger partial charge in [-0.1, -0.05) is 0 Å². The number of H-pyrrole nitrogens is 1. The Labute approximate surface area is 70.6 Å². The minimum absolute atomic E-state index is 0.790. The van der Waals surface area contributed by atoms with Gasteiger partial charge in [0, 0.05) is 17.3 Å². The molecule has 62 valence electrons. The van der Waals surface area contributed by atoms with Crippen LogP contribution in [0.2, 0.25) is 0 Å². The second-order valence-electron chi connectivity index (χ2n) is 3.02. The Morgan fingerprint density at radius 3 is 2.92 bits per heavy atom. The highest BCUT2D eigenvalue weighted by Crippen LogP contribution is 2.22. The van der Waals surface area contributed by atoms with Crippen LogP contribution in [0.25, 0.3) is 10.9 Å². The van der Waals surface area contributed by atoms with Crippen LogP contribution in [0.5, 0.6) is 0 Å². The summed E-state index contributed by atoms with van der Waals surface area (Å²) in [6, 6.07) is 1.99. The molecule has 2 heterocycles. The number of anilines is 1. The van der Waals surface area contributed by atoms with Crippen molar-refractivity contribution >= 4 is 16.6 Å². The molecule has 0 aromatic carbocycles. The van der Waals surface area contributed by atoms with Crippen LogP contribution in [0.1, 0.15) is 11.4 Å². The Kier molecular flexibility index (Phi) is 1.33. The van der Waals surface area contributed by atoms with Gasteiger partial charge >= 0.3 is 0 Å². The van der Waals surface area contributed by atoms with Gasteiger partial charge in [0.05, 0.1) is 16.9 Å². The van der Waals surface area contributed by atoms with Gasteiger partial charge in [0.25, 0.3) is 0 Å². The maximum absolute atomic E-state index is 5.75. The van der Waals surface area contributed by atoms with E-state index in [1.807, 2.05) is 19.9 Å². The zero-order valence-corrected chi connectivity index (χ0v) is 7.18. The van der Waals surface area contributed by atoms with Crippen molar-refractivity contribution in [3.05, 3.63) is 23.7 Å². The zero-order chi connectivity index (χ0) is 8.72. The Morgan fingerprint density at radius 2 is 2.17 bits per heavy atom. The molecule has 0 unspecified atom stereocenters. The van der Waals surface area contributed by atoms with E-state index in [0.717, 1.165) is 28.0 Å². The molecule has 0 spiro atoms. The number of rotatable bonds is 0. The fraction of sp³-hybridized carbons (Fsp3) is 0.222. The topological polar surface area (TPSA) is 54.7 Å². The lowest BCUT2D eigenvalue weighted by Gasteiger charge is -1.98. The van der Waals surface area contributed by atoms with E-state index in [2.05, 4.69) is 9.97 Å². The number of hydrogen-bond acceptors (Lipinski definition) is 2. The molecule has 0 bridgehead atoms. The summed E-state index contributed by atoms with van der Waals surface area (Å²) < 4.78 is 0. The van der Waals surface area contributed by atoms with Crippen LogP contribution in [0.4, 0.5) is 5.69 Å². The number of pyridine rings is 1. The van der Waals surface area contributed by atoms with E-state index in [1.165, 1.54) is 0 Å². The molecular formula is C9H11N3. The van der Waals surface area contributed by atoms with Crippen LogP contribution in [0, 0.1) is 13.8 Å². The number of aryl methyl sites for hydroxylation is 2. The number of fused-ring (bicyclic) bond motifs is 1. The predicted molar refractivity (Wildman–Crippen MR) is 50.0 cm³/mol. The first kappa shape index (κ1) is 7.16. The molecule has 0 saturated carbocycles. The summed E-state index contributed by atoms with van der Waals surface area (Å²) in [6.07, 6.45) is 1.80. The lowest BCUT2D eigenvalue weighted by atomic mass is 10.2. The first-order valence-corrected chi connectivity index (χ1v) is 3.89. The fourth-order valence-electron chi connectivity index (χ4n) is 1.47. The van der Waals surface area contributed by atoms with E-state index in [-0.39, 0.29) is 0 Å². The standard InChI is InChI=1S/C9H11N3/c1-5-3-7-8(10)4-11-9(7)6(2)12-5/h3-4,11H,10H2,1-2H3. The van der Waals surface area contributed by atoms with E-state index in [4.69, 9.17) is 5.73 Å². The maximum Gasteiger partial charge on any atom is 0.0691 e. The smallest absolute Gasteiger partial charge is 0.0691 e. The van der Waals surface area contributed by atoms with E-state index < -0.39 is 0 Å². The summed E-state index contributed by atoms with van der Waals surface area (Å²) in [6.45, 7) is 3.95.